The zero-order valence-corrected chi connectivity index (χ0v) is 5.33. The zero-order chi connectivity index (χ0) is 7.28. The molecule has 5 nitrogen and oxygen atoms in total. The van der Waals surface area contributed by atoms with Gasteiger partial charge in [0, 0.05) is 14.1 Å². The van der Waals surface area contributed by atoms with E-state index in [1.807, 2.05) is 5.43 Å². The van der Waals surface area contributed by atoms with Crippen molar-refractivity contribution in [2.45, 2.75) is 0 Å². The van der Waals surface area contributed by atoms with Gasteiger partial charge in [-0.2, -0.15) is 5.10 Å². The van der Waals surface area contributed by atoms with E-state index in [1.165, 1.54) is 6.34 Å². The Labute approximate surface area is 53.0 Å². The average Bonchev–Trinajstić information content (AvgIpc) is 1.63. The number of hydrogen-bond donors (Lipinski definition) is 2. The van der Waals surface area contributed by atoms with Crippen molar-refractivity contribution < 1.29 is 9.90 Å². The number of carboxylic acid groups (broad SMARTS) is 1. The van der Waals surface area contributed by atoms with Gasteiger partial charge in [0.05, 0.1) is 0 Å². The van der Waals surface area contributed by atoms with E-state index in [2.05, 4.69) is 5.10 Å². The molecule has 0 bridgehead atoms. The molecule has 0 aliphatic carbocycles. The first-order chi connectivity index (χ1) is 4.13. The van der Waals surface area contributed by atoms with Crippen molar-refractivity contribution >= 4 is 12.4 Å². The van der Waals surface area contributed by atoms with E-state index in [0.29, 0.717) is 0 Å². The van der Waals surface area contributed by atoms with Crippen molar-refractivity contribution in [1.29, 1.82) is 0 Å². The van der Waals surface area contributed by atoms with Gasteiger partial charge >= 0.3 is 6.09 Å². The van der Waals surface area contributed by atoms with Gasteiger partial charge in [-0.05, 0) is 0 Å². The second-order valence-corrected chi connectivity index (χ2v) is 1.63. The molecule has 0 radical (unpaired) electrons. The van der Waals surface area contributed by atoms with Crippen molar-refractivity contribution in [1.82, 2.24) is 10.3 Å². The van der Waals surface area contributed by atoms with Gasteiger partial charge in [0.2, 0.25) is 0 Å². The van der Waals surface area contributed by atoms with Gasteiger partial charge in [-0.1, -0.05) is 0 Å². The topological polar surface area (TPSA) is 64.9 Å². The number of carbonyl (C=O) groups is 1. The summed E-state index contributed by atoms with van der Waals surface area (Å²) < 4.78 is 0. The minimum atomic E-state index is -1.16. The quantitative estimate of drug-likeness (QED) is 0.309. The lowest BCUT2D eigenvalue weighted by atomic mass is 11.0. The monoisotopic (exact) mass is 131 g/mol. The number of nitrogens with zero attached hydrogens (tertiary/aromatic N) is 2. The van der Waals surface area contributed by atoms with Gasteiger partial charge in [-0.3, -0.25) is 0 Å². The second-order valence-electron chi connectivity index (χ2n) is 1.63. The van der Waals surface area contributed by atoms with E-state index in [4.69, 9.17) is 5.11 Å². The number of amides is 1. The lowest BCUT2D eigenvalue weighted by Crippen LogP contribution is -2.17. The lowest BCUT2D eigenvalue weighted by Gasteiger charge is -2.00. The van der Waals surface area contributed by atoms with Gasteiger partial charge in [0.1, 0.15) is 6.34 Å². The maximum atomic E-state index is 9.74. The van der Waals surface area contributed by atoms with Crippen molar-refractivity contribution in [3.8, 4) is 0 Å². The summed E-state index contributed by atoms with van der Waals surface area (Å²) in [4.78, 5) is 11.4. The Balaban J connectivity index is 3.36. The van der Waals surface area contributed by atoms with Crippen LogP contribution in [0.4, 0.5) is 4.79 Å². The van der Waals surface area contributed by atoms with Crippen LogP contribution in [0.25, 0.3) is 0 Å². The third-order valence-corrected chi connectivity index (χ3v) is 0.449. The maximum Gasteiger partial charge on any atom is 0.425 e. The van der Waals surface area contributed by atoms with Gasteiger partial charge in [0.15, 0.2) is 0 Å². The zero-order valence-electron chi connectivity index (χ0n) is 5.33. The van der Waals surface area contributed by atoms with Crippen LogP contribution in [0, 0.1) is 0 Å². The van der Waals surface area contributed by atoms with E-state index in [0.717, 1.165) is 0 Å². The summed E-state index contributed by atoms with van der Waals surface area (Å²) in [5.74, 6) is 0. The number of rotatable bonds is 2. The molecule has 1 amide bonds. The highest BCUT2D eigenvalue weighted by atomic mass is 16.4. The minimum absolute atomic E-state index is 1.16. The summed E-state index contributed by atoms with van der Waals surface area (Å²) >= 11 is 0. The Hall–Kier alpha value is -1.26. The Morgan fingerprint density at radius 3 is 2.67 bits per heavy atom. The summed E-state index contributed by atoms with van der Waals surface area (Å²) in [6.07, 6.45) is 0.196. The van der Waals surface area contributed by atoms with E-state index in [9.17, 15) is 4.79 Å². The summed E-state index contributed by atoms with van der Waals surface area (Å²) in [7, 11) is 3.49. The maximum absolute atomic E-state index is 9.74. The molecule has 0 saturated carbocycles. The predicted molar refractivity (Wildman–Crippen MR) is 33.3 cm³/mol. The third kappa shape index (κ3) is 6.74. The van der Waals surface area contributed by atoms with Gasteiger partial charge in [-0.15, -0.1) is 0 Å². The molecule has 52 valence electrons. The fourth-order valence-electron chi connectivity index (χ4n) is 0.200. The molecule has 9 heavy (non-hydrogen) atoms. The van der Waals surface area contributed by atoms with Crippen LogP contribution in [0.5, 0.6) is 0 Å². The first-order valence-corrected chi connectivity index (χ1v) is 2.31. The predicted octanol–water partition coefficient (Wildman–Crippen LogP) is -0.241. The fraction of sp³-hybridized carbons (Fsp3) is 0.500. The molecule has 0 heterocycles. The molecule has 0 aliphatic heterocycles. The van der Waals surface area contributed by atoms with Crippen LogP contribution in [0.2, 0.25) is 0 Å². The normalized spacial score (nSPS) is 9.56. The number of hydrogen-bond acceptors (Lipinski definition) is 2. The van der Waals surface area contributed by atoms with E-state index >= 15 is 0 Å². The second kappa shape index (κ2) is 3.71. The molecule has 0 aromatic rings. The molecule has 5 heteroatoms. The molecule has 0 saturated heterocycles. The van der Waals surface area contributed by atoms with Crippen LogP contribution in [0.15, 0.2) is 5.10 Å². The first kappa shape index (κ1) is 7.74. The van der Waals surface area contributed by atoms with Crippen molar-refractivity contribution in [2.75, 3.05) is 14.1 Å². The van der Waals surface area contributed by atoms with Gasteiger partial charge in [-0.25, -0.2) is 10.2 Å². The minimum Gasteiger partial charge on any atom is -0.464 e. The Kier molecular flexibility index (Phi) is 3.19. The van der Waals surface area contributed by atoms with E-state index in [1.54, 1.807) is 19.0 Å². The Morgan fingerprint density at radius 1 is 1.78 bits per heavy atom. The number of hydrazone groups is 1. The molecule has 0 atom stereocenters. The molecule has 0 fully saturated rings. The molecule has 0 aromatic carbocycles. The van der Waals surface area contributed by atoms with Crippen molar-refractivity contribution in [2.24, 2.45) is 5.10 Å². The first-order valence-electron chi connectivity index (χ1n) is 2.31. The lowest BCUT2D eigenvalue weighted by molar-refractivity contribution is 0.195. The summed E-state index contributed by atoms with van der Waals surface area (Å²) in [5.41, 5.74) is 1.82. The highest BCUT2D eigenvalue weighted by Crippen LogP contribution is 1.64. The molecular weight excluding hydrogens is 122 g/mol. The largest absolute Gasteiger partial charge is 0.464 e. The summed E-state index contributed by atoms with van der Waals surface area (Å²) in [6.45, 7) is 0. The van der Waals surface area contributed by atoms with Gasteiger partial charge < -0.3 is 10.0 Å². The number of nitrogens with one attached hydrogen (secondary N) is 1. The van der Waals surface area contributed by atoms with Gasteiger partial charge in [0.25, 0.3) is 0 Å². The molecule has 0 unspecified atom stereocenters. The molecule has 2 N–H and O–H groups in total. The summed E-state index contributed by atoms with van der Waals surface area (Å²) in [5, 5.41) is 11.3. The Bertz CT molecular complexity index is 121. The van der Waals surface area contributed by atoms with Crippen LogP contribution in [0.1, 0.15) is 0 Å². The van der Waals surface area contributed by atoms with E-state index in [-0.39, 0.29) is 0 Å². The van der Waals surface area contributed by atoms with E-state index < -0.39 is 6.09 Å². The molecule has 0 aromatic heterocycles. The SMILES string of the molecule is CN(C)/C=N/NC(=O)O. The van der Waals surface area contributed by atoms with Crippen LogP contribution in [-0.2, 0) is 0 Å². The van der Waals surface area contributed by atoms with Crippen LogP contribution in [0.3, 0.4) is 0 Å². The van der Waals surface area contributed by atoms with Crippen LogP contribution in [-0.4, -0.2) is 36.5 Å². The standard InChI is InChI=1S/C4H9N3O2/c1-7(2)3-5-6-4(8)9/h3,6H,1-2H3,(H,8,9)/b5-3+. The molecule has 0 rings (SSSR count). The molecule has 0 spiro atoms. The fourth-order valence-corrected chi connectivity index (χ4v) is 0.200. The Morgan fingerprint density at radius 2 is 2.33 bits per heavy atom. The summed E-state index contributed by atoms with van der Waals surface area (Å²) in [6, 6.07) is 0. The third-order valence-electron chi connectivity index (χ3n) is 0.449. The molecular formula is C4H9N3O2. The van der Waals surface area contributed by atoms with Crippen LogP contribution >= 0.6 is 0 Å². The van der Waals surface area contributed by atoms with Crippen molar-refractivity contribution in [3.05, 3.63) is 0 Å². The smallest absolute Gasteiger partial charge is 0.425 e. The van der Waals surface area contributed by atoms with Crippen molar-refractivity contribution in [3.63, 3.8) is 0 Å². The van der Waals surface area contributed by atoms with Crippen LogP contribution < -0.4 is 5.43 Å². The molecule has 0 aliphatic rings. The highest BCUT2D eigenvalue weighted by molar-refractivity contribution is 5.66. The average molecular weight is 131 g/mol. The highest BCUT2D eigenvalue weighted by Gasteiger charge is 1.85.